The topological polar surface area (TPSA) is 27.1 Å². The van der Waals surface area contributed by atoms with Crippen LogP contribution in [0.15, 0.2) is 34.7 Å². The lowest BCUT2D eigenvalue weighted by molar-refractivity contribution is 0.138. The highest BCUT2D eigenvalue weighted by Crippen LogP contribution is 2.23. The molecule has 0 aliphatic carbocycles. The number of nitrogens with zero attached hydrogens (tertiary/aromatic N) is 2. The predicted octanol–water partition coefficient (Wildman–Crippen LogP) is 4.82. The highest BCUT2D eigenvalue weighted by molar-refractivity contribution is 8.01. The Morgan fingerprint density at radius 3 is 2.76 bits per heavy atom. The van der Waals surface area contributed by atoms with Crippen LogP contribution in [-0.2, 0) is 4.74 Å². The van der Waals surface area contributed by atoms with Gasteiger partial charge in [0.25, 0.3) is 0 Å². The number of rotatable bonds is 8. The molecule has 0 spiro atoms. The first-order valence-corrected chi connectivity index (χ1v) is 9.24. The standard InChI is InChI=1S/C15H20N2OS3/c1-12(2)8-9-18-10-11-20-14-16-17(15(19)21-14)13-6-4-3-5-7-13/h3-7,12H,8-11H2,1-2H3. The lowest BCUT2D eigenvalue weighted by atomic mass is 10.1. The Labute approximate surface area is 139 Å². The van der Waals surface area contributed by atoms with Crippen molar-refractivity contribution < 1.29 is 4.74 Å². The van der Waals surface area contributed by atoms with Gasteiger partial charge in [-0.15, -0.1) is 5.10 Å². The van der Waals surface area contributed by atoms with Gasteiger partial charge in [-0.1, -0.05) is 55.1 Å². The monoisotopic (exact) mass is 340 g/mol. The minimum absolute atomic E-state index is 0.698. The molecule has 0 saturated carbocycles. The molecule has 0 aliphatic rings. The summed E-state index contributed by atoms with van der Waals surface area (Å²) < 4.78 is 9.21. The van der Waals surface area contributed by atoms with Crippen molar-refractivity contribution in [3.63, 3.8) is 0 Å². The van der Waals surface area contributed by atoms with Crippen molar-refractivity contribution in [2.24, 2.45) is 5.92 Å². The average Bonchev–Trinajstić information content (AvgIpc) is 2.84. The second-order valence-electron chi connectivity index (χ2n) is 5.02. The zero-order valence-electron chi connectivity index (χ0n) is 12.3. The second kappa shape index (κ2) is 8.68. The molecule has 3 nitrogen and oxygen atoms in total. The molecule has 1 heterocycles. The number of hydrogen-bond donors (Lipinski definition) is 0. The molecule has 0 fully saturated rings. The van der Waals surface area contributed by atoms with E-state index >= 15 is 0 Å². The van der Waals surface area contributed by atoms with Gasteiger partial charge in [0.1, 0.15) is 0 Å². The van der Waals surface area contributed by atoms with E-state index in [-0.39, 0.29) is 0 Å². The van der Waals surface area contributed by atoms with Crippen LogP contribution < -0.4 is 0 Å². The molecule has 1 aromatic heterocycles. The SMILES string of the molecule is CC(C)CCOCCSc1nn(-c2ccccc2)c(=S)s1. The van der Waals surface area contributed by atoms with Crippen molar-refractivity contribution in [1.29, 1.82) is 0 Å². The molecule has 0 bridgehead atoms. The van der Waals surface area contributed by atoms with E-state index in [1.807, 2.05) is 35.0 Å². The Hall–Kier alpha value is -0.690. The van der Waals surface area contributed by atoms with Gasteiger partial charge in [0.15, 0.2) is 8.29 Å². The highest BCUT2D eigenvalue weighted by Gasteiger charge is 2.06. The molecule has 6 heteroatoms. The third-order valence-corrected chi connectivity index (χ3v) is 5.15. The summed E-state index contributed by atoms with van der Waals surface area (Å²) >= 11 is 8.63. The van der Waals surface area contributed by atoms with Crippen LogP contribution in [0.4, 0.5) is 0 Å². The fourth-order valence-electron chi connectivity index (χ4n) is 1.66. The Kier molecular flexibility index (Phi) is 6.89. The number of para-hydroxylation sites is 1. The minimum atomic E-state index is 0.698. The summed E-state index contributed by atoms with van der Waals surface area (Å²) in [6.45, 7) is 6.02. The van der Waals surface area contributed by atoms with Crippen LogP contribution in [0, 0.1) is 9.87 Å². The van der Waals surface area contributed by atoms with Crippen molar-refractivity contribution in [1.82, 2.24) is 9.78 Å². The third kappa shape index (κ3) is 5.54. The van der Waals surface area contributed by atoms with Gasteiger partial charge >= 0.3 is 0 Å². The molecule has 0 unspecified atom stereocenters. The number of thioether (sulfide) groups is 1. The quantitative estimate of drug-likeness (QED) is 0.391. The van der Waals surface area contributed by atoms with E-state index in [4.69, 9.17) is 17.0 Å². The van der Waals surface area contributed by atoms with E-state index in [2.05, 4.69) is 18.9 Å². The maximum Gasteiger partial charge on any atom is 0.184 e. The van der Waals surface area contributed by atoms with E-state index in [0.717, 1.165) is 39.4 Å². The highest BCUT2D eigenvalue weighted by atomic mass is 32.2. The Balaban J connectivity index is 1.82. The van der Waals surface area contributed by atoms with Crippen LogP contribution >= 0.6 is 35.3 Å². The third-order valence-electron chi connectivity index (χ3n) is 2.82. The van der Waals surface area contributed by atoms with Crippen LogP contribution in [0.3, 0.4) is 0 Å². The summed E-state index contributed by atoms with van der Waals surface area (Å²) in [6.07, 6.45) is 1.12. The molecule has 114 valence electrons. The van der Waals surface area contributed by atoms with Crippen molar-refractivity contribution in [2.45, 2.75) is 24.6 Å². The van der Waals surface area contributed by atoms with Gasteiger partial charge in [-0.2, -0.15) is 0 Å². The number of benzene rings is 1. The van der Waals surface area contributed by atoms with Crippen LogP contribution in [0.1, 0.15) is 20.3 Å². The Morgan fingerprint density at radius 1 is 1.29 bits per heavy atom. The molecule has 0 aliphatic heterocycles. The van der Waals surface area contributed by atoms with E-state index < -0.39 is 0 Å². The second-order valence-corrected chi connectivity index (χ2v) is 7.99. The smallest absolute Gasteiger partial charge is 0.184 e. The summed E-state index contributed by atoms with van der Waals surface area (Å²) in [6, 6.07) is 10.00. The van der Waals surface area contributed by atoms with Gasteiger partial charge < -0.3 is 4.74 Å². The molecule has 2 aromatic rings. The van der Waals surface area contributed by atoms with Crippen LogP contribution in [0.2, 0.25) is 0 Å². The molecule has 1 aromatic carbocycles. The van der Waals surface area contributed by atoms with Gasteiger partial charge in [-0.25, -0.2) is 4.68 Å². The van der Waals surface area contributed by atoms with E-state index in [0.29, 0.717) is 5.92 Å². The van der Waals surface area contributed by atoms with Gasteiger partial charge in [0.2, 0.25) is 0 Å². The first-order chi connectivity index (χ1) is 10.2. The fourth-order valence-corrected chi connectivity index (χ4v) is 3.94. The summed E-state index contributed by atoms with van der Waals surface area (Å²) in [4.78, 5) is 0. The van der Waals surface area contributed by atoms with E-state index in [1.54, 1.807) is 23.1 Å². The van der Waals surface area contributed by atoms with Crippen molar-refractivity contribution >= 4 is 35.3 Å². The number of ether oxygens (including phenoxy) is 1. The number of aromatic nitrogens is 2. The first kappa shape index (κ1) is 16.7. The minimum Gasteiger partial charge on any atom is -0.381 e. The van der Waals surface area contributed by atoms with Gasteiger partial charge in [0.05, 0.1) is 12.3 Å². The zero-order valence-corrected chi connectivity index (χ0v) is 14.8. The summed E-state index contributed by atoms with van der Waals surface area (Å²) in [5.41, 5.74) is 1.01. The van der Waals surface area contributed by atoms with E-state index in [1.165, 1.54) is 0 Å². The lowest BCUT2D eigenvalue weighted by Crippen LogP contribution is -2.02. The molecule has 0 N–H and O–H groups in total. The van der Waals surface area contributed by atoms with Crippen LogP contribution in [-0.4, -0.2) is 28.7 Å². The Bertz CT molecular complexity index is 592. The van der Waals surface area contributed by atoms with Crippen molar-refractivity contribution in [3.05, 3.63) is 34.3 Å². The molecule has 0 saturated heterocycles. The van der Waals surface area contributed by atoms with Crippen molar-refractivity contribution in [2.75, 3.05) is 19.0 Å². The van der Waals surface area contributed by atoms with Gasteiger partial charge in [-0.3, -0.25) is 0 Å². The van der Waals surface area contributed by atoms with Gasteiger partial charge in [0, 0.05) is 12.4 Å². The summed E-state index contributed by atoms with van der Waals surface area (Å²) in [5, 5.41) is 4.56. The molecule has 21 heavy (non-hydrogen) atoms. The van der Waals surface area contributed by atoms with Gasteiger partial charge in [-0.05, 0) is 36.7 Å². The first-order valence-electron chi connectivity index (χ1n) is 7.03. The molecule has 0 atom stereocenters. The molecular weight excluding hydrogens is 320 g/mol. The fraction of sp³-hybridized carbons (Fsp3) is 0.467. The summed E-state index contributed by atoms with van der Waals surface area (Å²) in [7, 11) is 0. The zero-order chi connectivity index (χ0) is 15.1. The molecular formula is C15H20N2OS3. The largest absolute Gasteiger partial charge is 0.381 e. The Morgan fingerprint density at radius 2 is 2.05 bits per heavy atom. The molecule has 0 amide bonds. The molecule has 0 radical (unpaired) electrons. The van der Waals surface area contributed by atoms with Crippen molar-refractivity contribution in [3.8, 4) is 5.69 Å². The van der Waals surface area contributed by atoms with Crippen LogP contribution in [0.25, 0.3) is 5.69 Å². The number of hydrogen-bond acceptors (Lipinski definition) is 5. The predicted molar refractivity (Wildman–Crippen MR) is 93.3 cm³/mol. The van der Waals surface area contributed by atoms with E-state index in [9.17, 15) is 0 Å². The molecule has 2 rings (SSSR count). The normalized spacial score (nSPS) is 11.2. The average molecular weight is 341 g/mol. The maximum atomic E-state index is 5.61. The summed E-state index contributed by atoms with van der Waals surface area (Å²) in [5.74, 6) is 1.61. The lowest BCUT2D eigenvalue weighted by Gasteiger charge is -2.05. The van der Waals surface area contributed by atoms with Crippen LogP contribution in [0.5, 0.6) is 0 Å². The maximum absolute atomic E-state index is 5.61.